The summed E-state index contributed by atoms with van der Waals surface area (Å²) in [7, 11) is 0. The number of amides is 1. The molecule has 0 spiro atoms. The molecule has 0 bridgehead atoms. The first kappa shape index (κ1) is 14.0. The summed E-state index contributed by atoms with van der Waals surface area (Å²) in [5.74, 6) is -0.299. The normalized spacial score (nSPS) is 11.1. The third-order valence-corrected chi connectivity index (χ3v) is 3.66. The van der Waals surface area contributed by atoms with Gasteiger partial charge in [0, 0.05) is 11.6 Å². The van der Waals surface area contributed by atoms with Gasteiger partial charge in [-0.2, -0.15) is 5.26 Å². The molecule has 0 unspecified atom stereocenters. The van der Waals surface area contributed by atoms with Gasteiger partial charge in [0.2, 0.25) is 0 Å². The summed E-state index contributed by atoms with van der Waals surface area (Å²) in [4.78, 5) is 16.6. The van der Waals surface area contributed by atoms with Crippen LogP contribution in [0.3, 0.4) is 0 Å². The van der Waals surface area contributed by atoms with E-state index in [1.54, 1.807) is 6.20 Å². The molecule has 0 aliphatic heterocycles. The summed E-state index contributed by atoms with van der Waals surface area (Å²) in [5.41, 5.74) is -0.458. The van der Waals surface area contributed by atoms with E-state index < -0.39 is 5.54 Å². The molecule has 1 amide bonds. The maximum absolute atomic E-state index is 12.4. The summed E-state index contributed by atoms with van der Waals surface area (Å²) >= 11 is 0. The van der Waals surface area contributed by atoms with E-state index >= 15 is 0 Å². The molecule has 1 N–H and O–H groups in total. The molecule has 0 saturated carbocycles. The molecule has 0 fully saturated rings. The van der Waals surface area contributed by atoms with E-state index in [9.17, 15) is 10.1 Å². The number of nitriles is 1. The fourth-order valence-corrected chi connectivity index (χ4v) is 2.19. The molecule has 0 radical (unpaired) electrons. The van der Waals surface area contributed by atoms with Crippen LogP contribution in [0.2, 0.25) is 0 Å². The average molecular weight is 267 g/mol. The zero-order chi connectivity index (χ0) is 14.6. The molecule has 4 nitrogen and oxygen atoms in total. The highest BCUT2D eigenvalue weighted by Crippen LogP contribution is 2.19. The topological polar surface area (TPSA) is 65.8 Å². The molecule has 102 valence electrons. The SMILES string of the molecule is CCC(C#N)(CC)NC(=O)c1nccc2ccccc12. The van der Waals surface area contributed by atoms with Crippen LogP contribution in [0.5, 0.6) is 0 Å². The average Bonchev–Trinajstić information content (AvgIpc) is 2.52. The largest absolute Gasteiger partial charge is 0.332 e. The van der Waals surface area contributed by atoms with Crippen molar-refractivity contribution < 1.29 is 4.79 Å². The Hall–Kier alpha value is -2.41. The lowest BCUT2D eigenvalue weighted by atomic mass is 9.94. The first-order valence-corrected chi connectivity index (χ1v) is 6.73. The molecule has 4 heteroatoms. The van der Waals surface area contributed by atoms with Crippen LogP contribution < -0.4 is 5.32 Å². The predicted molar refractivity (Wildman–Crippen MR) is 78.1 cm³/mol. The highest BCUT2D eigenvalue weighted by Gasteiger charge is 2.29. The molecule has 0 aliphatic carbocycles. The van der Waals surface area contributed by atoms with Gasteiger partial charge >= 0.3 is 0 Å². The fourth-order valence-electron chi connectivity index (χ4n) is 2.19. The second-order valence-electron chi connectivity index (χ2n) is 4.74. The van der Waals surface area contributed by atoms with E-state index in [4.69, 9.17) is 0 Å². The number of rotatable bonds is 4. The molecular weight excluding hydrogens is 250 g/mol. The summed E-state index contributed by atoms with van der Waals surface area (Å²) in [5, 5.41) is 13.9. The van der Waals surface area contributed by atoms with Crippen molar-refractivity contribution in [2.45, 2.75) is 32.2 Å². The van der Waals surface area contributed by atoms with Crippen molar-refractivity contribution in [1.82, 2.24) is 10.3 Å². The molecule has 1 aromatic carbocycles. The Bertz CT molecular complexity index is 663. The Morgan fingerprint density at radius 3 is 2.65 bits per heavy atom. The van der Waals surface area contributed by atoms with E-state index in [2.05, 4.69) is 16.4 Å². The quantitative estimate of drug-likeness (QED) is 0.925. The van der Waals surface area contributed by atoms with Crippen LogP contribution in [0.4, 0.5) is 0 Å². The van der Waals surface area contributed by atoms with Gasteiger partial charge in [-0.1, -0.05) is 38.1 Å². The molecule has 20 heavy (non-hydrogen) atoms. The van der Waals surface area contributed by atoms with E-state index in [1.165, 1.54) is 0 Å². The Labute approximate surface area is 118 Å². The Morgan fingerprint density at radius 1 is 1.30 bits per heavy atom. The molecule has 1 heterocycles. The van der Waals surface area contributed by atoms with Crippen molar-refractivity contribution in [2.75, 3.05) is 0 Å². The van der Waals surface area contributed by atoms with E-state index in [-0.39, 0.29) is 5.91 Å². The number of pyridine rings is 1. The molecule has 0 aliphatic rings. The van der Waals surface area contributed by atoms with E-state index in [1.807, 2.05) is 44.2 Å². The molecule has 0 saturated heterocycles. The number of benzene rings is 1. The number of hydrogen-bond donors (Lipinski definition) is 1. The lowest BCUT2D eigenvalue weighted by molar-refractivity contribution is 0.0912. The Morgan fingerprint density at radius 2 is 2.00 bits per heavy atom. The molecule has 1 aromatic heterocycles. The van der Waals surface area contributed by atoms with Crippen molar-refractivity contribution >= 4 is 16.7 Å². The summed E-state index contributed by atoms with van der Waals surface area (Å²) in [6, 6.07) is 11.7. The lowest BCUT2D eigenvalue weighted by Crippen LogP contribution is -2.46. The van der Waals surface area contributed by atoms with E-state index in [0.717, 1.165) is 10.8 Å². The van der Waals surface area contributed by atoms with Crippen LogP contribution in [-0.4, -0.2) is 16.4 Å². The number of carbonyl (C=O) groups excluding carboxylic acids is 1. The summed E-state index contributed by atoms with van der Waals surface area (Å²) in [6.07, 6.45) is 2.75. The number of nitrogens with one attached hydrogen (secondary N) is 1. The minimum absolute atomic E-state index is 0.299. The third-order valence-electron chi connectivity index (χ3n) is 3.66. The van der Waals surface area contributed by atoms with Gasteiger partial charge in [0.05, 0.1) is 6.07 Å². The Balaban J connectivity index is 2.40. The molecule has 2 aromatic rings. The first-order chi connectivity index (χ1) is 9.65. The van der Waals surface area contributed by atoms with Crippen LogP contribution in [0.1, 0.15) is 37.2 Å². The van der Waals surface area contributed by atoms with Crippen LogP contribution in [0.15, 0.2) is 36.5 Å². The van der Waals surface area contributed by atoms with Crippen LogP contribution in [0, 0.1) is 11.3 Å². The number of hydrogen-bond acceptors (Lipinski definition) is 3. The van der Waals surface area contributed by atoms with Gasteiger partial charge in [0.1, 0.15) is 11.2 Å². The zero-order valence-corrected chi connectivity index (χ0v) is 11.7. The Kier molecular flexibility index (Phi) is 3.99. The van der Waals surface area contributed by atoms with Gasteiger partial charge in [0.15, 0.2) is 0 Å². The zero-order valence-electron chi connectivity index (χ0n) is 11.7. The second kappa shape index (κ2) is 5.70. The van der Waals surface area contributed by atoms with Gasteiger partial charge in [-0.25, -0.2) is 0 Å². The monoisotopic (exact) mass is 267 g/mol. The standard InChI is InChI=1S/C16H17N3O/c1-3-16(4-2,11-17)19-15(20)14-13-8-6-5-7-12(13)9-10-18-14/h5-10H,3-4H2,1-2H3,(H,19,20). The smallest absolute Gasteiger partial charge is 0.271 e. The highest BCUT2D eigenvalue weighted by atomic mass is 16.2. The van der Waals surface area contributed by atoms with Crippen molar-refractivity contribution in [3.8, 4) is 6.07 Å². The van der Waals surface area contributed by atoms with Crippen molar-refractivity contribution in [3.05, 3.63) is 42.2 Å². The molecule has 2 rings (SSSR count). The minimum Gasteiger partial charge on any atom is -0.332 e. The van der Waals surface area contributed by atoms with Crippen molar-refractivity contribution in [3.63, 3.8) is 0 Å². The van der Waals surface area contributed by atoms with Crippen LogP contribution in [-0.2, 0) is 0 Å². The maximum atomic E-state index is 12.4. The van der Waals surface area contributed by atoms with Gasteiger partial charge in [-0.15, -0.1) is 0 Å². The second-order valence-corrected chi connectivity index (χ2v) is 4.74. The molecular formula is C16H17N3O. The third kappa shape index (κ3) is 2.48. The fraction of sp³-hybridized carbons (Fsp3) is 0.312. The van der Waals surface area contributed by atoms with Crippen molar-refractivity contribution in [2.24, 2.45) is 0 Å². The predicted octanol–water partition coefficient (Wildman–Crippen LogP) is 3.05. The number of aromatic nitrogens is 1. The maximum Gasteiger partial charge on any atom is 0.271 e. The van der Waals surface area contributed by atoms with Crippen LogP contribution in [0.25, 0.3) is 10.8 Å². The highest BCUT2D eigenvalue weighted by molar-refractivity contribution is 6.05. The summed E-state index contributed by atoms with van der Waals surface area (Å²) < 4.78 is 0. The number of nitrogens with zero attached hydrogens (tertiary/aromatic N) is 2. The number of carbonyl (C=O) groups is 1. The lowest BCUT2D eigenvalue weighted by Gasteiger charge is -2.24. The van der Waals surface area contributed by atoms with Gasteiger partial charge < -0.3 is 5.32 Å². The van der Waals surface area contributed by atoms with Crippen molar-refractivity contribution in [1.29, 1.82) is 5.26 Å². The van der Waals surface area contributed by atoms with E-state index in [0.29, 0.717) is 18.5 Å². The minimum atomic E-state index is -0.824. The number of fused-ring (bicyclic) bond motifs is 1. The van der Waals surface area contributed by atoms with Gasteiger partial charge in [-0.05, 0) is 24.3 Å². The van der Waals surface area contributed by atoms with Gasteiger partial charge in [-0.3, -0.25) is 9.78 Å². The van der Waals surface area contributed by atoms with Crippen LogP contribution >= 0.6 is 0 Å². The van der Waals surface area contributed by atoms with Gasteiger partial charge in [0.25, 0.3) is 5.91 Å². The molecule has 0 atom stereocenters. The summed E-state index contributed by atoms with van der Waals surface area (Å²) in [6.45, 7) is 3.78. The first-order valence-electron chi connectivity index (χ1n) is 6.73.